The Morgan fingerprint density at radius 2 is 2.00 bits per heavy atom. The van der Waals surface area contributed by atoms with E-state index in [4.69, 9.17) is 9.72 Å². The molecule has 1 aromatic heterocycles. The number of carbonyl (C=O) groups excluding carboxylic acids is 1. The molecule has 2 aromatic rings. The quantitative estimate of drug-likeness (QED) is 0.398. The van der Waals surface area contributed by atoms with Gasteiger partial charge >= 0.3 is 0 Å². The third kappa shape index (κ3) is 4.03. The monoisotopic (exact) mass is 506 g/mol. The van der Waals surface area contributed by atoms with E-state index in [-0.39, 0.29) is 0 Å². The Hall–Kier alpha value is -5.05. The normalized spacial score (nSPS) is 13.4. The predicted octanol–water partition coefficient (Wildman–Crippen LogP) is 4.01. The van der Waals surface area contributed by atoms with E-state index in [1.165, 1.54) is 0 Å². The number of nitrogens with zero attached hydrogens (tertiary/aromatic N) is 4. The number of aromatic nitrogens is 2. The Bertz CT molecular complexity index is 1750. The zero-order valence-electron chi connectivity index (χ0n) is 20.7. The Kier molecular flexibility index (Phi) is 5.60. The highest BCUT2D eigenvalue weighted by Crippen LogP contribution is 2.37. The minimum absolute atomic E-state index is 0.472. The van der Waals surface area contributed by atoms with Crippen LogP contribution in [0.4, 0.5) is 15.8 Å². The highest BCUT2D eigenvalue weighted by Gasteiger charge is 2.27. The van der Waals surface area contributed by atoms with Crippen LogP contribution in [0.1, 0.15) is 16.8 Å². The van der Waals surface area contributed by atoms with E-state index in [0.29, 0.717) is 23.9 Å². The maximum Gasteiger partial charge on any atom is 0.283 e. The number of carbonyl (C=O) groups is 1. The van der Waals surface area contributed by atoms with Crippen LogP contribution >= 0.6 is 0 Å². The number of amides is 1. The van der Waals surface area contributed by atoms with Crippen LogP contribution in [0.3, 0.4) is 0 Å². The minimum atomic E-state index is -1.04. The summed E-state index contributed by atoms with van der Waals surface area (Å²) < 4.78 is 19.5. The summed E-state index contributed by atoms with van der Waals surface area (Å²) in [6, 6.07) is 14.9. The number of rotatable bonds is 5. The molecule has 1 amide bonds. The van der Waals surface area contributed by atoms with Gasteiger partial charge in [-0.2, -0.15) is 5.10 Å². The molecule has 6 rings (SSSR count). The average molecular weight is 507 g/mol. The lowest BCUT2D eigenvalue weighted by molar-refractivity contribution is -0.114. The highest BCUT2D eigenvalue weighted by molar-refractivity contribution is 6.01. The summed E-state index contributed by atoms with van der Waals surface area (Å²) >= 11 is 0. The number of hydrogen-bond acceptors (Lipinski definition) is 7. The van der Waals surface area contributed by atoms with Crippen molar-refractivity contribution in [1.82, 2.24) is 15.4 Å². The molecule has 0 bridgehead atoms. The van der Waals surface area contributed by atoms with Gasteiger partial charge in [-0.05, 0) is 54.5 Å². The number of anilines is 2. The number of aryl methyl sites for hydroxylation is 1. The molecule has 1 aliphatic carbocycles. The maximum atomic E-state index is 13.1. The first-order valence-corrected chi connectivity index (χ1v) is 12.0. The van der Waals surface area contributed by atoms with Gasteiger partial charge in [0.1, 0.15) is 11.1 Å². The molecule has 4 aliphatic rings. The van der Waals surface area contributed by atoms with E-state index in [2.05, 4.69) is 32.3 Å². The van der Waals surface area contributed by atoms with Gasteiger partial charge in [0.15, 0.2) is 5.83 Å². The Balaban J connectivity index is 1.48. The molecule has 0 spiro atoms. The van der Waals surface area contributed by atoms with Gasteiger partial charge < -0.3 is 20.4 Å². The summed E-state index contributed by atoms with van der Waals surface area (Å²) in [6.45, 7) is 5.50. The fourth-order valence-corrected chi connectivity index (χ4v) is 4.74. The third-order valence-corrected chi connectivity index (χ3v) is 6.52. The van der Waals surface area contributed by atoms with Crippen molar-refractivity contribution in [3.8, 4) is 22.9 Å². The first kappa shape index (κ1) is 23.4. The van der Waals surface area contributed by atoms with Gasteiger partial charge in [0, 0.05) is 41.0 Å². The van der Waals surface area contributed by atoms with Crippen LogP contribution in [-0.2, 0) is 11.3 Å². The zero-order valence-corrected chi connectivity index (χ0v) is 20.7. The summed E-state index contributed by atoms with van der Waals surface area (Å²) in [5.74, 6) is -0.740. The maximum absolute atomic E-state index is 13.1. The van der Waals surface area contributed by atoms with Crippen LogP contribution in [0.2, 0.25) is 0 Å². The lowest BCUT2D eigenvalue weighted by atomic mass is 10.0. The van der Waals surface area contributed by atoms with Crippen molar-refractivity contribution in [1.29, 1.82) is 0 Å². The lowest BCUT2D eigenvalue weighted by Crippen LogP contribution is -2.26. The molecule has 0 saturated heterocycles. The molecular weight excluding hydrogens is 483 g/mol. The van der Waals surface area contributed by atoms with Crippen LogP contribution in [0.15, 0.2) is 78.3 Å². The Labute approximate surface area is 217 Å². The van der Waals surface area contributed by atoms with E-state index in [0.717, 1.165) is 50.0 Å². The minimum Gasteiger partial charge on any atom is -0.438 e. The van der Waals surface area contributed by atoms with Crippen molar-refractivity contribution in [2.45, 2.75) is 13.5 Å². The van der Waals surface area contributed by atoms with E-state index in [9.17, 15) is 9.18 Å². The van der Waals surface area contributed by atoms with Crippen LogP contribution in [0, 0.1) is 6.92 Å². The average Bonchev–Trinajstić information content (AvgIpc) is 3.27. The topological polar surface area (TPSA) is 91.7 Å². The fraction of sp³-hybridized carbons (Fsp3) is 0.103. The van der Waals surface area contributed by atoms with Crippen LogP contribution in [-0.4, -0.2) is 22.9 Å². The molecule has 3 aliphatic heterocycles. The third-order valence-electron chi connectivity index (χ3n) is 6.52. The van der Waals surface area contributed by atoms with Crippen molar-refractivity contribution >= 4 is 29.1 Å². The second kappa shape index (κ2) is 9.11. The van der Waals surface area contributed by atoms with Gasteiger partial charge in [-0.1, -0.05) is 24.8 Å². The molecule has 9 heteroatoms. The van der Waals surface area contributed by atoms with Crippen molar-refractivity contribution < 1.29 is 13.9 Å². The Morgan fingerprint density at radius 1 is 1.18 bits per heavy atom. The standard InChI is InChI=1S/C29H23FN6O2/c1-16-5-4-6-25(33-16)38-24-13-19-14-32-35-22-15-31-27(26(19)22)28-21(24)11-12-23(36(28)3)18-7-9-20(10-8-18)34-29(37)17(2)30/h4-13,15,32H,2,14H2,1,3H3,(H,34,37). The van der Waals surface area contributed by atoms with Crippen molar-refractivity contribution in [2.24, 2.45) is 5.10 Å². The molecule has 0 atom stereocenters. The molecule has 0 radical (unpaired) electrons. The SMILES string of the molecule is C=C(F)C(=O)Nc1ccc(C2=CC=c3c(Oc4cccc(C)n4)cc4c5c(cnc-5c3N2C)=NNC4)cc1. The van der Waals surface area contributed by atoms with Crippen LogP contribution < -0.4 is 31.0 Å². The van der Waals surface area contributed by atoms with E-state index in [1.807, 2.05) is 62.5 Å². The molecule has 4 heterocycles. The first-order valence-electron chi connectivity index (χ1n) is 12.0. The largest absolute Gasteiger partial charge is 0.438 e. The number of benzene rings is 1. The number of fused-ring (bicyclic) bond motifs is 2. The number of allylic oxidation sites excluding steroid dienone is 1. The van der Waals surface area contributed by atoms with E-state index >= 15 is 0 Å². The van der Waals surface area contributed by atoms with Crippen LogP contribution in [0.25, 0.3) is 23.0 Å². The van der Waals surface area contributed by atoms with E-state index in [1.54, 1.807) is 18.3 Å². The molecule has 188 valence electrons. The highest BCUT2D eigenvalue weighted by atomic mass is 19.1. The molecule has 0 fully saturated rings. The first-order chi connectivity index (χ1) is 18.4. The number of halogens is 1. The zero-order chi connectivity index (χ0) is 26.4. The van der Waals surface area contributed by atoms with E-state index < -0.39 is 11.7 Å². The second-order valence-electron chi connectivity index (χ2n) is 9.04. The van der Waals surface area contributed by atoms with Crippen LogP contribution in [0.5, 0.6) is 11.6 Å². The molecule has 38 heavy (non-hydrogen) atoms. The van der Waals surface area contributed by atoms with Crippen molar-refractivity contribution in [3.05, 3.63) is 101 Å². The van der Waals surface area contributed by atoms with Gasteiger partial charge in [0.2, 0.25) is 5.88 Å². The van der Waals surface area contributed by atoms with Gasteiger partial charge in [0.25, 0.3) is 5.91 Å². The molecule has 0 unspecified atom stereocenters. The second-order valence-corrected chi connectivity index (χ2v) is 9.04. The summed E-state index contributed by atoms with van der Waals surface area (Å²) in [5.41, 5.74) is 9.92. The molecule has 2 N–H and O–H groups in total. The van der Waals surface area contributed by atoms with Gasteiger partial charge in [0.05, 0.1) is 24.1 Å². The lowest BCUT2D eigenvalue weighted by Gasteiger charge is -2.27. The van der Waals surface area contributed by atoms with Gasteiger partial charge in [-0.25, -0.2) is 9.37 Å². The summed E-state index contributed by atoms with van der Waals surface area (Å²) in [5, 5.41) is 8.57. The van der Waals surface area contributed by atoms with Crippen molar-refractivity contribution in [2.75, 3.05) is 17.3 Å². The number of hydrogen-bond donors (Lipinski definition) is 2. The number of pyridine rings is 1. The molecule has 1 aromatic carbocycles. The van der Waals surface area contributed by atoms with Crippen molar-refractivity contribution in [3.63, 3.8) is 0 Å². The van der Waals surface area contributed by atoms with Gasteiger partial charge in [-0.3, -0.25) is 9.78 Å². The summed E-state index contributed by atoms with van der Waals surface area (Å²) in [7, 11) is 1.98. The van der Waals surface area contributed by atoms with Gasteiger partial charge in [-0.15, -0.1) is 0 Å². The predicted molar refractivity (Wildman–Crippen MR) is 144 cm³/mol. The number of ether oxygens (including phenoxy) is 1. The molecule has 8 nitrogen and oxygen atoms in total. The number of nitrogens with one attached hydrogen (secondary N) is 2. The molecule has 0 saturated carbocycles. The molecular formula is C29H23FN6O2. The smallest absolute Gasteiger partial charge is 0.283 e. The summed E-state index contributed by atoms with van der Waals surface area (Å²) in [6.07, 6.45) is 5.79. The fourth-order valence-electron chi connectivity index (χ4n) is 4.74. The Morgan fingerprint density at radius 3 is 2.76 bits per heavy atom. The summed E-state index contributed by atoms with van der Waals surface area (Å²) in [4.78, 5) is 23.0.